The van der Waals surface area contributed by atoms with Crippen LogP contribution in [0.25, 0.3) is 0 Å². The summed E-state index contributed by atoms with van der Waals surface area (Å²) >= 11 is 12.3. The van der Waals surface area contributed by atoms with Crippen molar-refractivity contribution in [2.24, 2.45) is 0 Å². The predicted molar refractivity (Wildman–Crippen MR) is 161 cm³/mol. The lowest BCUT2D eigenvalue weighted by atomic mass is 10.1. The highest BCUT2D eigenvalue weighted by Crippen LogP contribution is 2.30. The number of aryl methyl sites for hydroxylation is 2. The van der Waals surface area contributed by atoms with Crippen LogP contribution in [0.2, 0.25) is 10.0 Å². The van der Waals surface area contributed by atoms with Crippen LogP contribution in [0, 0.1) is 20.8 Å². The fraction of sp³-hybridized carbons (Fsp3) is 0.333. The van der Waals surface area contributed by atoms with Crippen molar-refractivity contribution >= 4 is 50.7 Å². The zero-order chi connectivity index (χ0) is 29.8. The van der Waals surface area contributed by atoms with Crippen LogP contribution in [0.4, 0.5) is 5.69 Å². The Labute approximate surface area is 247 Å². The van der Waals surface area contributed by atoms with E-state index in [2.05, 4.69) is 5.32 Å². The molecule has 0 radical (unpaired) electrons. The Hall–Kier alpha value is -3.07. The molecule has 0 unspecified atom stereocenters. The molecule has 40 heavy (non-hydrogen) atoms. The molecule has 1 atom stereocenters. The summed E-state index contributed by atoms with van der Waals surface area (Å²) in [5, 5.41) is 3.51. The van der Waals surface area contributed by atoms with Gasteiger partial charge in [-0.2, -0.15) is 0 Å². The molecule has 3 aromatic rings. The molecule has 0 fully saturated rings. The van der Waals surface area contributed by atoms with Crippen LogP contribution in [-0.4, -0.2) is 43.8 Å². The van der Waals surface area contributed by atoms with Crippen LogP contribution >= 0.6 is 23.2 Å². The van der Waals surface area contributed by atoms with Crippen LogP contribution in [0.1, 0.15) is 43.0 Å². The van der Waals surface area contributed by atoms with Gasteiger partial charge in [0.25, 0.3) is 10.0 Å². The predicted octanol–water partition coefficient (Wildman–Crippen LogP) is 6.06. The van der Waals surface area contributed by atoms with Gasteiger partial charge in [-0.25, -0.2) is 8.42 Å². The summed E-state index contributed by atoms with van der Waals surface area (Å²) in [5.74, 6) is -0.905. The molecule has 0 saturated heterocycles. The molecule has 0 saturated carbocycles. The zero-order valence-electron chi connectivity index (χ0n) is 23.5. The SMILES string of the molecule is Cc1ccc(S(=O)(=O)N(CC(=O)N(Cc2ccc(Cl)c(Cl)c2)[C@@H](C)C(=O)NC(C)C)c2cccc(C)c2C)cc1. The molecular formula is C30H35Cl2N3O4S. The van der Waals surface area contributed by atoms with Crippen molar-refractivity contribution in [2.75, 3.05) is 10.8 Å². The first-order chi connectivity index (χ1) is 18.7. The maximum atomic E-state index is 14.0. The number of nitrogens with zero attached hydrogens (tertiary/aromatic N) is 2. The Bertz CT molecular complexity index is 1490. The number of halogens is 2. The van der Waals surface area contributed by atoms with Gasteiger partial charge in [0.1, 0.15) is 12.6 Å². The van der Waals surface area contributed by atoms with Crippen molar-refractivity contribution in [3.05, 3.63) is 93.0 Å². The first-order valence-electron chi connectivity index (χ1n) is 12.9. The largest absolute Gasteiger partial charge is 0.352 e. The van der Waals surface area contributed by atoms with Crippen LogP contribution in [0.15, 0.2) is 65.6 Å². The first-order valence-corrected chi connectivity index (χ1v) is 15.1. The van der Waals surface area contributed by atoms with Gasteiger partial charge in [0.05, 0.1) is 20.6 Å². The molecule has 3 aromatic carbocycles. The molecule has 10 heteroatoms. The number of hydrogen-bond donors (Lipinski definition) is 1. The van der Waals surface area contributed by atoms with Crippen molar-refractivity contribution in [3.63, 3.8) is 0 Å². The zero-order valence-corrected chi connectivity index (χ0v) is 25.9. The van der Waals surface area contributed by atoms with Crippen LogP contribution in [-0.2, 0) is 26.2 Å². The van der Waals surface area contributed by atoms with Crippen LogP contribution in [0.5, 0.6) is 0 Å². The second-order valence-electron chi connectivity index (χ2n) is 10.2. The number of sulfonamides is 1. The normalized spacial score (nSPS) is 12.2. The molecule has 214 valence electrons. The van der Waals surface area contributed by atoms with Crippen molar-refractivity contribution in [1.82, 2.24) is 10.2 Å². The fourth-order valence-corrected chi connectivity index (χ4v) is 5.97. The highest BCUT2D eigenvalue weighted by molar-refractivity contribution is 7.92. The summed E-state index contributed by atoms with van der Waals surface area (Å²) in [6, 6.07) is 15.7. The Morgan fingerprint density at radius 2 is 1.55 bits per heavy atom. The molecule has 0 bridgehead atoms. The van der Waals surface area contributed by atoms with E-state index in [0.29, 0.717) is 21.3 Å². The summed E-state index contributed by atoms with van der Waals surface area (Å²) in [6.45, 7) is 10.3. The second-order valence-corrected chi connectivity index (χ2v) is 12.8. The van der Waals surface area contributed by atoms with E-state index in [4.69, 9.17) is 23.2 Å². The Morgan fingerprint density at radius 1 is 0.900 bits per heavy atom. The van der Waals surface area contributed by atoms with E-state index in [1.165, 1.54) is 17.0 Å². The lowest BCUT2D eigenvalue weighted by Crippen LogP contribution is -2.52. The molecule has 0 aliphatic carbocycles. The number of amides is 2. The minimum atomic E-state index is -4.14. The Morgan fingerprint density at radius 3 is 2.15 bits per heavy atom. The van der Waals surface area contributed by atoms with Gasteiger partial charge in [0, 0.05) is 12.6 Å². The minimum Gasteiger partial charge on any atom is -0.352 e. The van der Waals surface area contributed by atoms with Crippen LogP contribution < -0.4 is 9.62 Å². The number of benzene rings is 3. The summed E-state index contributed by atoms with van der Waals surface area (Å²) in [7, 11) is -4.14. The molecule has 0 heterocycles. The highest BCUT2D eigenvalue weighted by Gasteiger charge is 2.33. The smallest absolute Gasteiger partial charge is 0.264 e. The van der Waals surface area contributed by atoms with Crippen molar-refractivity contribution in [2.45, 2.75) is 65.1 Å². The Balaban J connectivity index is 2.09. The van der Waals surface area contributed by atoms with Crippen molar-refractivity contribution < 1.29 is 18.0 Å². The molecule has 2 amide bonds. The van der Waals surface area contributed by atoms with E-state index in [9.17, 15) is 18.0 Å². The number of anilines is 1. The second kappa shape index (κ2) is 13.1. The molecule has 7 nitrogen and oxygen atoms in total. The molecule has 3 rings (SSSR count). The number of rotatable bonds is 10. The standard InChI is InChI=1S/C30H35Cl2N3O4S/c1-19(2)33-30(37)23(6)34(17-24-12-15-26(31)27(32)16-24)29(36)18-35(28-9-7-8-21(4)22(28)5)40(38,39)25-13-10-20(3)11-14-25/h7-16,19,23H,17-18H2,1-6H3,(H,33,37)/t23-/m0/s1. The third-order valence-corrected chi connectivity index (χ3v) is 9.18. The van der Waals surface area contributed by atoms with Gasteiger partial charge >= 0.3 is 0 Å². The average molecular weight is 605 g/mol. The maximum Gasteiger partial charge on any atom is 0.264 e. The van der Waals surface area contributed by atoms with Gasteiger partial charge in [-0.1, -0.05) is 59.1 Å². The molecule has 0 aliphatic heterocycles. The molecular weight excluding hydrogens is 569 g/mol. The molecule has 0 aromatic heterocycles. The number of carbonyl (C=O) groups is 2. The minimum absolute atomic E-state index is 0.0215. The number of hydrogen-bond acceptors (Lipinski definition) is 4. The molecule has 1 N–H and O–H groups in total. The number of carbonyl (C=O) groups excluding carboxylic acids is 2. The molecule has 0 aliphatic rings. The van der Waals surface area contributed by atoms with E-state index in [0.717, 1.165) is 21.0 Å². The topological polar surface area (TPSA) is 86.8 Å². The summed E-state index contributed by atoms with van der Waals surface area (Å²) in [4.78, 5) is 28.5. The summed E-state index contributed by atoms with van der Waals surface area (Å²) in [6.07, 6.45) is 0. The fourth-order valence-electron chi connectivity index (χ4n) is 4.18. The van der Waals surface area contributed by atoms with E-state index < -0.39 is 28.5 Å². The Kier molecular flexibility index (Phi) is 10.3. The quantitative estimate of drug-likeness (QED) is 0.305. The first kappa shape index (κ1) is 31.5. The van der Waals surface area contributed by atoms with Gasteiger partial charge in [-0.15, -0.1) is 0 Å². The van der Waals surface area contributed by atoms with E-state index in [-0.39, 0.29) is 23.4 Å². The summed E-state index contributed by atoms with van der Waals surface area (Å²) < 4.78 is 29.1. The number of nitrogens with one attached hydrogen (secondary N) is 1. The van der Waals surface area contributed by atoms with Crippen molar-refractivity contribution in [1.29, 1.82) is 0 Å². The molecule has 0 spiro atoms. The average Bonchev–Trinajstić information content (AvgIpc) is 2.89. The van der Waals surface area contributed by atoms with E-state index in [1.54, 1.807) is 49.4 Å². The van der Waals surface area contributed by atoms with Gasteiger partial charge in [-0.05, 0) is 88.6 Å². The van der Waals surface area contributed by atoms with Crippen molar-refractivity contribution in [3.8, 4) is 0 Å². The van der Waals surface area contributed by atoms with Gasteiger partial charge in [-0.3, -0.25) is 13.9 Å². The van der Waals surface area contributed by atoms with Gasteiger partial charge in [0.2, 0.25) is 11.8 Å². The maximum absolute atomic E-state index is 14.0. The van der Waals surface area contributed by atoms with Crippen LogP contribution in [0.3, 0.4) is 0 Å². The van der Waals surface area contributed by atoms with E-state index in [1.807, 2.05) is 40.7 Å². The monoisotopic (exact) mass is 603 g/mol. The highest BCUT2D eigenvalue weighted by atomic mass is 35.5. The third-order valence-electron chi connectivity index (χ3n) is 6.67. The van der Waals surface area contributed by atoms with Gasteiger partial charge < -0.3 is 10.2 Å². The third kappa shape index (κ3) is 7.36. The van der Waals surface area contributed by atoms with Gasteiger partial charge in [0.15, 0.2) is 0 Å². The van der Waals surface area contributed by atoms with E-state index >= 15 is 0 Å². The summed E-state index contributed by atoms with van der Waals surface area (Å²) in [5.41, 5.74) is 3.56. The lowest BCUT2D eigenvalue weighted by Gasteiger charge is -2.33. The lowest BCUT2D eigenvalue weighted by molar-refractivity contribution is -0.139.